The van der Waals surface area contributed by atoms with Crippen molar-refractivity contribution >= 4 is 27.7 Å². The predicted molar refractivity (Wildman–Crippen MR) is 61.3 cm³/mol. The van der Waals surface area contributed by atoms with Crippen LogP contribution in [-0.4, -0.2) is 21.4 Å². The summed E-state index contributed by atoms with van der Waals surface area (Å²) in [4.78, 5) is 4.32. The third-order valence-electron chi connectivity index (χ3n) is 1.75. The molecule has 0 unspecified atom stereocenters. The number of nitrogens with zero attached hydrogens (tertiary/aromatic N) is 2. The van der Waals surface area contributed by atoms with Crippen molar-refractivity contribution < 1.29 is 0 Å². The minimum atomic E-state index is 0.764. The van der Waals surface area contributed by atoms with Gasteiger partial charge in [0.25, 0.3) is 0 Å². The number of nitrogens with one attached hydrogen (secondary N) is 1. The Morgan fingerprint density at radius 2 is 2.29 bits per heavy atom. The first-order chi connectivity index (χ1) is 6.79. The van der Waals surface area contributed by atoms with Gasteiger partial charge in [-0.15, -0.1) is 5.10 Å². The lowest BCUT2D eigenvalue weighted by Gasteiger charge is -1.95. The molecule has 1 N–H and O–H groups in total. The van der Waals surface area contributed by atoms with Gasteiger partial charge in [-0.05, 0) is 18.4 Å². The Morgan fingerprint density at radius 1 is 1.43 bits per heavy atom. The van der Waals surface area contributed by atoms with Crippen molar-refractivity contribution in [2.75, 3.05) is 6.26 Å². The van der Waals surface area contributed by atoms with E-state index in [1.165, 1.54) is 11.8 Å². The van der Waals surface area contributed by atoms with E-state index in [0.29, 0.717) is 0 Å². The highest BCUT2D eigenvalue weighted by molar-refractivity contribution is 9.10. The highest BCUT2D eigenvalue weighted by atomic mass is 79.9. The summed E-state index contributed by atoms with van der Waals surface area (Å²) in [5.41, 5.74) is 1.03. The molecule has 14 heavy (non-hydrogen) atoms. The molecule has 1 aromatic carbocycles. The fraction of sp³-hybridized carbons (Fsp3) is 0.111. The van der Waals surface area contributed by atoms with Crippen LogP contribution >= 0.6 is 27.7 Å². The third kappa shape index (κ3) is 1.99. The van der Waals surface area contributed by atoms with Gasteiger partial charge < -0.3 is 0 Å². The quantitative estimate of drug-likeness (QED) is 0.853. The summed E-state index contributed by atoms with van der Waals surface area (Å²) in [6.45, 7) is 0. The summed E-state index contributed by atoms with van der Waals surface area (Å²) in [6, 6.07) is 7.95. The van der Waals surface area contributed by atoms with Gasteiger partial charge in [0.05, 0.1) is 0 Å². The van der Waals surface area contributed by atoms with Crippen LogP contribution in [0.1, 0.15) is 0 Å². The summed E-state index contributed by atoms with van der Waals surface area (Å²) < 4.78 is 1.04. The van der Waals surface area contributed by atoms with Crippen LogP contribution < -0.4 is 0 Å². The number of aromatic nitrogens is 3. The average molecular weight is 270 g/mol. The molecule has 0 aliphatic rings. The molecule has 5 heteroatoms. The maximum absolute atomic E-state index is 4.32. The molecule has 72 valence electrons. The van der Waals surface area contributed by atoms with Crippen molar-refractivity contribution in [3.8, 4) is 11.4 Å². The Bertz CT molecular complexity index is 441. The van der Waals surface area contributed by atoms with Crippen LogP contribution in [0.25, 0.3) is 11.4 Å². The average Bonchev–Trinajstić information content (AvgIpc) is 2.66. The lowest BCUT2D eigenvalue weighted by molar-refractivity contribution is 0.976. The van der Waals surface area contributed by atoms with E-state index in [9.17, 15) is 0 Å². The third-order valence-corrected chi connectivity index (χ3v) is 2.79. The van der Waals surface area contributed by atoms with Gasteiger partial charge in [0.15, 0.2) is 5.82 Å². The predicted octanol–water partition coefficient (Wildman–Crippen LogP) is 2.96. The lowest BCUT2D eigenvalue weighted by atomic mass is 10.2. The lowest BCUT2D eigenvalue weighted by Crippen LogP contribution is -1.79. The number of halogens is 1. The van der Waals surface area contributed by atoms with Crippen LogP contribution in [0.2, 0.25) is 0 Å². The SMILES string of the molecule is CSc1n[nH]c(-c2cccc(Br)c2)n1. The molecule has 3 nitrogen and oxygen atoms in total. The van der Waals surface area contributed by atoms with Gasteiger partial charge >= 0.3 is 0 Å². The highest BCUT2D eigenvalue weighted by Crippen LogP contribution is 2.21. The second kappa shape index (κ2) is 4.14. The van der Waals surface area contributed by atoms with E-state index < -0.39 is 0 Å². The van der Waals surface area contributed by atoms with E-state index in [2.05, 4.69) is 31.1 Å². The molecule has 0 fully saturated rings. The molecule has 0 radical (unpaired) electrons. The standard InChI is InChI=1S/C9H8BrN3S/c1-14-9-11-8(12-13-9)6-3-2-4-7(10)5-6/h2-5H,1H3,(H,11,12,13). The minimum absolute atomic E-state index is 0.764. The van der Waals surface area contributed by atoms with Crippen LogP contribution in [0, 0.1) is 0 Å². The Balaban J connectivity index is 2.39. The monoisotopic (exact) mass is 269 g/mol. The second-order valence-corrected chi connectivity index (χ2v) is 4.37. The number of rotatable bonds is 2. The zero-order valence-electron chi connectivity index (χ0n) is 7.49. The molecular formula is C9H8BrN3S. The molecule has 0 aliphatic carbocycles. The summed E-state index contributed by atoms with van der Waals surface area (Å²) in [5, 5.41) is 7.71. The number of H-pyrrole nitrogens is 1. The summed E-state index contributed by atoms with van der Waals surface area (Å²) >= 11 is 4.94. The molecule has 1 heterocycles. The van der Waals surface area contributed by atoms with Gasteiger partial charge in [0.1, 0.15) is 0 Å². The van der Waals surface area contributed by atoms with Crippen LogP contribution in [-0.2, 0) is 0 Å². The summed E-state index contributed by atoms with van der Waals surface area (Å²) in [5.74, 6) is 0.802. The van der Waals surface area contributed by atoms with E-state index in [1.807, 2.05) is 30.5 Å². The maximum atomic E-state index is 4.32. The Kier molecular flexibility index (Phi) is 2.88. The van der Waals surface area contributed by atoms with E-state index in [0.717, 1.165) is 21.0 Å². The zero-order valence-corrected chi connectivity index (χ0v) is 9.89. The topological polar surface area (TPSA) is 41.6 Å². The van der Waals surface area contributed by atoms with Crippen molar-refractivity contribution in [1.82, 2.24) is 15.2 Å². The highest BCUT2D eigenvalue weighted by Gasteiger charge is 2.04. The second-order valence-electron chi connectivity index (χ2n) is 2.68. The number of hydrogen-bond donors (Lipinski definition) is 1. The van der Waals surface area contributed by atoms with E-state index in [4.69, 9.17) is 0 Å². The van der Waals surface area contributed by atoms with E-state index in [-0.39, 0.29) is 0 Å². The van der Waals surface area contributed by atoms with Gasteiger partial charge in [-0.1, -0.05) is 39.8 Å². The van der Waals surface area contributed by atoms with Crippen molar-refractivity contribution in [3.63, 3.8) is 0 Å². The van der Waals surface area contributed by atoms with Crippen LogP contribution in [0.15, 0.2) is 33.9 Å². The first-order valence-corrected chi connectivity index (χ1v) is 6.03. The number of hydrogen-bond acceptors (Lipinski definition) is 3. The molecule has 2 aromatic rings. The molecule has 2 rings (SSSR count). The number of thioether (sulfide) groups is 1. The van der Waals surface area contributed by atoms with Crippen LogP contribution in [0.5, 0.6) is 0 Å². The zero-order chi connectivity index (χ0) is 9.97. The van der Waals surface area contributed by atoms with Crippen molar-refractivity contribution in [2.45, 2.75) is 5.16 Å². The first-order valence-electron chi connectivity index (χ1n) is 4.02. The molecule has 1 aromatic heterocycles. The van der Waals surface area contributed by atoms with E-state index >= 15 is 0 Å². The molecule has 0 amide bonds. The maximum Gasteiger partial charge on any atom is 0.208 e. The molecular weight excluding hydrogens is 262 g/mol. The fourth-order valence-electron chi connectivity index (χ4n) is 1.10. The van der Waals surface area contributed by atoms with Gasteiger partial charge in [-0.25, -0.2) is 4.98 Å². The Hall–Kier alpha value is -0.810. The smallest absolute Gasteiger partial charge is 0.208 e. The molecule has 0 saturated heterocycles. The van der Waals surface area contributed by atoms with Gasteiger partial charge in [-0.2, -0.15) is 0 Å². The molecule has 0 spiro atoms. The molecule has 0 saturated carbocycles. The number of benzene rings is 1. The normalized spacial score (nSPS) is 10.4. The van der Waals surface area contributed by atoms with Gasteiger partial charge in [0.2, 0.25) is 5.16 Å². The van der Waals surface area contributed by atoms with Crippen LogP contribution in [0.4, 0.5) is 0 Å². The van der Waals surface area contributed by atoms with Gasteiger partial charge in [-0.3, -0.25) is 5.10 Å². The number of aromatic amines is 1. The van der Waals surface area contributed by atoms with Crippen molar-refractivity contribution in [2.24, 2.45) is 0 Å². The summed E-state index contributed by atoms with van der Waals surface area (Å²) in [6.07, 6.45) is 1.95. The molecule has 0 atom stereocenters. The molecule has 0 aliphatic heterocycles. The minimum Gasteiger partial charge on any atom is -0.258 e. The largest absolute Gasteiger partial charge is 0.258 e. The molecule has 0 bridgehead atoms. The summed E-state index contributed by atoms with van der Waals surface area (Å²) in [7, 11) is 0. The van der Waals surface area contributed by atoms with Crippen molar-refractivity contribution in [1.29, 1.82) is 0 Å². The van der Waals surface area contributed by atoms with Crippen molar-refractivity contribution in [3.05, 3.63) is 28.7 Å². The van der Waals surface area contributed by atoms with E-state index in [1.54, 1.807) is 0 Å². The Morgan fingerprint density at radius 3 is 2.93 bits per heavy atom. The first kappa shape index (κ1) is 9.73. The van der Waals surface area contributed by atoms with Crippen LogP contribution in [0.3, 0.4) is 0 Å². The fourth-order valence-corrected chi connectivity index (χ4v) is 1.82. The van der Waals surface area contributed by atoms with Gasteiger partial charge in [0, 0.05) is 10.0 Å². The Labute approximate surface area is 94.5 Å².